The van der Waals surface area contributed by atoms with E-state index in [2.05, 4.69) is 10.2 Å². The van der Waals surface area contributed by atoms with Crippen LogP contribution in [0, 0.1) is 6.92 Å². The van der Waals surface area contributed by atoms with Gasteiger partial charge in [0.25, 0.3) is 0 Å². The van der Waals surface area contributed by atoms with E-state index in [1.54, 1.807) is 0 Å². The molecule has 1 heterocycles. The molecule has 27 heavy (non-hydrogen) atoms. The van der Waals surface area contributed by atoms with E-state index in [4.69, 9.17) is 4.74 Å². The summed E-state index contributed by atoms with van der Waals surface area (Å²) in [7, 11) is 1.91. The van der Waals surface area contributed by atoms with Crippen molar-refractivity contribution in [2.24, 2.45) is 7.05 Å². The van der Waals surface area contributed by atoms with E-state index < -0.39 is 0 Å². The Bertz CT molecular complexity index is 966. The average Bonchev–Trinajstić information content (AvgIpc) is 3.03. The van der Waals surface area contributed by atoms with Crippen molar-refractivity contribution < 1.29 is 9.53 Å². The molecule has 0 radical (unpaired) electrons. The topological polar surface area (TPSA) is 57.0 Å². The van der Waals surface area contributed by atoms with Crippen LogP contribution in [0.15, 0.2) is 53.7 Å². The van der Waals surface area contributed by atoms with Gasteiger partial charge < -0.3 is 9.30 Å². The van der Waals surface area contributed by atoms with Crippen molar-refractivity contribution >= 4 is 17.5 Å². The van der Waals surface area contributed by atoms with Crippen LogP contribution < -0.4 is 4.74 Å². The molecular weight excluding hydrogens is 358 g/mol. The molecule has 1 atom stereocenters. The van der Waals surface area contributed by atoms with Crippen molar-refractivity contribution in [3.63, 3.8) is 0 Å². The second-order valence-electron chi connectivity index (χ2n) is 6.73. The van der Waals surface area contributed by atoms with Crippen molar-refractivity contribution in [1.29, 1.82) is 0 Å². The second-order valence-corrected chi connectivity index (χ2v) is 7.90. The Hall–Kier alpha value is -2.60. The lowest BCUT2D eigenvalue weighted by Gasteiger charge is -2.22. The monoisotopic (exact) mass is 379 g/mol. The standard InChI is InChI=1S/C21H21N3O2S/c1-14-7-10-16(11-8-14)26-13-19-22-23-21(24(19)2)27-18-12-9-15-5-3-4-6-17(15)20(18)25/h3-8,10-11,18H,9,12-13H2,1-2H3/t18-/m1/s1. The van der Waals surface area contributed by atoms with Gasteiger partial charge in [0, 0.05) is 12.6 Å². The van der Waals surface area contributed by atoms with Crippen LogP contribution in [-0.2, 0) is 20.1 Å². The molecule has 4 rings (SSSR count). The van der Waals surface area contributed by atoms with E-state index in [-0.39, 0.29) is 11.0 Å². The van der Waals surface area contributed by atoms with Crippen molar-refractivity contribution in [3.8, 4) is 5.75 Å². The molecule has 138 valence electrons. The molecule has 0 spiro atoms. The maximum absolute atomic E-state index is 12.8. The third-order valence-corrected chi connectivity index (χ3v) is 6.11. The number of aryl methyl sites for hydroxylation is 2. The minimum atomic E-state index is -0.117. The molecule has 1 aliphatic carbocycles. The van der Waals surface area contributed by atoms with Gasteiger partial charge in [0.1, 0.15) is 12.4 Å². The van der Waals surface area contributed by atoms with E-state index in [9.17, 15) is 4.79 Å². The largest absolute Gasteiger partial charge is 0.486 e. The average molecular weight is 379 g/mol. The van der Waals surface area contributed by atoms with Crippen LogP contribution in [0.25, 0.3) is 0 Å². The predicted octanol–water partition coefficient (Wildman–Crippen LogP) is 3.99. The molecule has 5 nitrogen and oxygen atoms in total. The number of rotatable bonds is 5. The van der Waals surface area contributed by atoms with E-state index in [0.717, 1.165) is 40.7 Å². The van der Waals surface area contributed by atoms with Crippen LogP contribution in [0.1, 0.15) is 33.7 Å². The fourth-order valence-corrected chi connectivity index (χ4v) is 4.24. The van der Waals surface area contributed by atoms with Gasteiger partial charge in [-0.25, -0.2) is 0 Å². The van der Waals surface area contributed by atoms with Crippen molar-refractivity contribution in [2.75, 3.05) is 0 Å². The number of ether oxygens (including phenoxy) is 1. The highest BCUT2D eigenvalue weighted by molar-refractivity contribution is 8.00. The van der Waals surface area contributed by atoms with E-state index in [1.165, 1.54) is 17.3 Å². The maximum Gasteiger partial charge on any atom is 0.191 e. The molecule has 0 unspecified atom stereocenters. The minimum absolute atomic E-state index is 0.117. The summed E-state index contributed by atoms with van der Waals surface area (Å²) in [4.78, 5) is 12.8. The summed E-state index contributed by atoms with van der Waals surface area (Å²) in [6, 6.07) is 15.8. The van der Waals surface area contributed by atoms with Crippen molar-refractivity contribution in [1.82, 2.24) is 14.8 Å². The number of ketones is 1. The Morgan fingerprint density at radius 3 is 2.74 bits per heavy atom. The quantitative estimate of drug-likeness (QED) is 0.671. The van der Waals surface area contributed by atoms with Gasteiger partial charge in [0.15, 0.2) is 16.8 Å². The number of carbonyl (C=O) groups excluding carboxylic acids is 1. The summed E-state index contributed by atoms with van der Waals surface area (Å²) < 4.78 is 7.71. The highest BCUT2D eigenvalue weighted by Crippen LogP contribution is 2.32. The van der Waals surface area contributed by atoms with Gasteiger partial charge in [0.05, 0.1) is 5.25 Å². The number of hydrogen-bond donors (Lipinski definition) is 0. The van der Waals surface area contributed by atoms with Gasteiger partial charge in [-0.2, -0.15) is 0 Å². The summed E-state index contributed by atoms with van der Waals surface area (Å²) >= 11 is 1.49. The zero-order valence-electron chi connectivity index (χ0n) is 15.4. The summed E-state index contributed by atoms with van der Waals surface area (Å²) in [5.41, 5.74) is 3.18. The molecule has 0 saturated heterocycles. The Kier molecular flexibility index (Phi) is 4.99. The first-order valence-electron chi connectivity index (χ1n) is 8.98. The number of fused-ring (bicyclic) bond motifs is 1. The number of carbonyl (C=O) groups is 1. The smallest absolute Gasteiger partial charge is 0.191 e. The number of nitrogens with zero attached hydrogens (tertiary/aromatic N) is 3. The lowest BCUT2D eigenvalue weighted by Crippen LogP contribution is -2.25. The highest BCUT2D eigenvalue weighted by atomic mass is 32.2. The molecule has 0 aliphatic heterocycles. The van der Waals surface area contributed by atoms with Gasteiger partial charge in [-0.05, 0) is 37.5 Å². The lowest BCUT2D eigenvalue weighted by atomic mass is 9.90. The molecule has 2 aromatic carbocycles. The SMILES string of the molecule is Cc1ccc(OCc2nnc(S[C@@H]3CCc4ccccc4C3=O)n2C)cc1. The fourth-order valence-electron chi connectivity index (χ4n) is 3.17. The number of benzene rings is 2. The van der Waals surface area contributed by atoms with Crippen LogP contribution in [0.4, 0.5) is 0 Å². The summed E-state index contributed by atoms with van der Waals surface area (Å²) in [5, 5.41) is 9.14. The fraction of sp³-hybridized carbons (Fsp3) is 0.286. The molecule has 0 amide bonds. The predicted molar refractivity (Wildman–Crippen MR) is 105 cm³/mol. The van der Waals surface area contributed by atoms with Crippen LogP contribution in [0.5, 0.6) is 5.75 Å². The van der Waals surface area contributed by atoms with Crippen molar-refractivity contribution in [3.05, 3.63) is 71.0 Å². The van der Waals surface area contributed by atoms with E-state index >= 15 is 0 Å². The molecule has 6 heteroatoms. The van der Waals surface area contributed by atoms with E-state index in [1.807, 2.05) is 67.1 Å². The minimum Gasteiger partial charge on any atom is -0.486 e. The first kappa shape index (κ1) is 17.8. The van der Waals surface area contributed by atoms with Gasteiger partial charge in [0.2, 0.25) is 0 Å². The van der Waals surface area contributed by atoms with Gasteiger partial charge in [-0.15, -0.1) is 10.2 Å². The van der Waals surface area contributed by atoms with Crippen molar-refractivity contribution in [2.45, 2.75) is 36.8 Å². The Morgan fingerprint density at radius 1 is 1.15 bits per heavy atom. The Balaban J connectivity index is 1.43. The zero-order chi connectivity index (χ0) is 18.8. The summed E-state index contributed by atoms with van der Waals surface area (Å²) in [6.07, 6.45) is 1.74. The zero-order valence-corrected chi connectivity index (χ0v) is 16.2. The van der Waals surface area contributed by atoms with Crippen LogP contribution in [0.2, 0.25) is 0 Å². The molecule has 1 aromatic heterocycles. The highest BCUT2D eigenvalue weighted by Gasteiger charge is 2.29. The molecule has 0 N–H and O–H groups in total. The lowest BCUT2D eigenvalue weighted by molar-refractivity contribution is 0.0979. The third kappa shape index (κ3) is 3.76. The van der Waals surface area contributed by atoms with Gasteiger partial charge in [-0.3, -0.25) is 4.79 Å². The Labute approximate surface area is 162 Å². The van der Waals surface area contributed by atoms with Crippen LogP contribution in [0.3, 0.4) is 0 Å². The summed E-state index contributed by atoms with van der Waals surface area (Å²) in [5.74, 6) is 1.72. The molecule has 0 saturated carbocycles. The molecular formula is C21H21N3O2S. The van der Waals surface area contributed by atoms with Gasteiger partial charge >= 0.3 is 0 Å². The third-order valence-electron chi connectivity index (χ3n) is 4.81. The molecule has 0 fully saturated rings. The second kappa shape index (κ2) is 7.56. The number of Topliss-reactive ketones (excluding diaryl/α,β-unsaturated/α-hetero) is 1. The molecule has 3 aromatic rings. The van der Waals surface area contributed by atoms with Crippen LogP contribution in [-0.4, -0.2) is 25.8 Å². The maximum atomic E-state index is 12.8. The first-order valence-corrected chi connectivity index (χ1v) is 9.86. The normalized spacial score (nSPS) is 16.2. The summed E-state index contributed by atoms with van der Waals surface area (Å²) in [6.45, 7) is 2.38. The number of hydrogen-bond acceptors (Lipinski definition) is 5. The number of thioether (sulfide) groups is 1. The van der Waals surface area contributed by atoms with E-state index in [0.29, 0.717) is 6.61 Å². The van der Waals surface area contributed by atoms with Gasteiger partial charge in [-0.1, -0.05) is 53.7 Å². The molecule has 1 aliphatic rings. The molecule has 0 bridgehead atoms. The Morgan fingerprint density at radius 2 is 1.93 bits per heavy atom. The van der Waals surface area contributed by atoms with Crippen LogP contribution >= 0.6 is 11.8 Å². The first-order chi connectivity index (χ1) is 13.1. The number of aromatic nitrogens is 3.